The molecule has 1 aromatic rings. The Labute approximate surface area is 122 Å². The molecule has 2 N–H and O–H groups in total. The van der Waals surface area contributed by atoms with Crippen molar-refractivity contribution in [2.45, 2.75) is 25.2 Å². The third kappa shape index (κ3) is 2.93. The summed E-state index contributed by atoms with van der Waals surface area (Å²) in [6, 6.07) is 1.51. The van der Waals surface area contributed by atoms with Gasteiger partial charge in [0.15, 0.2) is 0 Å². The minimum absolute atomic E-state index is 0.0520. The van der Waals surface area contributed by atoms with Crippen LogP contribution in [0, 0.1) is 11.8 Å². The molecule has 1 fully saturated rings. The van der Waals surface area contributed by atoms with Gasteiger partial charge in [-0.2, -0.15) is 4.31 Å². The first-order chi connectivity index (χ1) is 8.82. The smallest absolute Gasteiger partial charge is 0.246 e. The Morgan fingerprint density at radius 1 is 1.53 bits per heavy atom. The normalized spacial score (nSPS) is 21.2. The number of rotatable bonds is 3. The highest BCUT2D eigenvalue weighted by molar-refractivity contribution is 9.10. The van der Waals surface area contributed by atoms with Crippen LogP contribution in [0.25, 0.3) is 0 Å². The number of halogens is 1. The Balaban J connectivity index is 2.31. The van der Waals surface area contributed by atoms with Crippen LogP contribution in [0.3, 0.4) is 0 Å². The lowest BCUT2D eigenvalue weighted by Gasteiger charge is -2.18. The molecule has 0 aromatic carbocycles. The molecule has 19 heavy (non-hydrogen) atoms. The quantitative estimate of drug-likeness (QED) is 0.908. The molecular formula is C12H18BrN3O2S. The number of aromatic nitrogens is 1. The van der Waals surface area contributed by atoms with Gasteiger partial charge in [-0.15, -0.1) is 0 Å². The van der Waals surface area contributed by atoms with E-state index in [0.717, 1.165) is 6.42 Å². The van der Waals surface area contributed by atoms with Gasteiger partial charge in [-0.25, -0.2) is 13.4 Å². The summed E-state index contributed by atoms with van der Waals surface area (Å²) >= 11 is 3.23. The van der Waals surface area contributed by atoms with E-state index in [1.165, 1.54) is 16.6 Å². The average Bonchev–Trinajstić information content (AvgIpc) is 2.82. The summed E-state index contributed by atoms with van der Waals surface area (Å²) in [5.41, 5.74) is 5.70. The van der Waals surface area contributed by atoms with Crippen molar-refractivity contribution in [3.05, 3.63) is 16.7 Å². The third-order valence-electron chi connectivity index (χ3n) is 3.60. The molecule has 0 saturated carbocycles. The van der Waals surface area contributed by atoms with E-state index in [0.29, 0.717) is 29.4 Å². The molecule has 1 unspecified atom stereocenters. The highest BCUT2D eigenvalue weighted by Crippen LogP contribution is 2.30. The van der Waals surface area contributed by atoms with E-state index >= 15 is 0 Å². The van der Waals surface area contributed by atoms with Crippen LogP contribution in [-0.2, 0) is 10.0 Å². The fourth-order valence-corrected chi connectivity index (χ4v) is 4.38. The van der Waals surface area contributed by atoms with Gasteiger partial charge in [-0.05, 0) is 40.3 Å². The van der Waals surface area contributed by atoms with Gasteiger partial charge >= 0.3 is 0 Å². The lowest BCUT2D eigenvalue weighted by molar-refractivity contribution is 0.388. The predicted molar refractivity (Wildman–Crippen MR) is 78.1 cm³/mol. The molecule has 1 atom stereocenters. The maximum Gasteiger partial charge on any atom is 0.246 e. The van der Waals surface area contributed by atoms with Crippen LogP contribution >= 0.6 is 15.9 Å². The highest BCUT2D eigenvalue weighted by atomic mass is 79.9. The van der Waals surface area contributed by atoms with Crippen LogP contribution in [0.15, 0.2) is 21.6 Å². The molecule has 1 saturated heterocycles. The van der Waals surface area contributed by atoms with Crippen molar-refractivity contribution in [1.29, 1.82) is 0 Å². The Morgan fingerprint density at radius 3 is 2.79 bits per heavy atom. The van der Waals surface area contributed by atoms with Crippen molar-refractivity contribution < 1.29 is 8.42 Å². The highest BCUT2D eigenvalue weighted by Gasteiger charge is 2.35. The van der Waals surface area contributed by atoms with Gasteiger partial charge in [-0.1, -0.05) is 13.8 Å². The summed E-state index contributed by atoms with van der Waals surface area (Å²) in [5, 5.41) is 0. The van der Waals surface area contributed by atoms with Gasteiger partial charge in [0.25, 0.3) is 0 Å². The van der Waals surface area contributed by atoms with Crippen molar-refractivity contribution in [2.75, 3.05) is 18.8 Å². The first-order valence-electron chi connectivity index (χ1n) is 6.23. The molecule has 0 aliphatic carbocycles. The van der Waals surface area contributed by atoms with Crippen LogP contribution < -0.4 is 5.73 Å². The van der Waals surface area contributed by atoms with E-state index in [4.69, 9.17) is 5.73 Å². The van der Waals surface area contributed by atoms with Crippen LogP contribution in [0.4, 0.5) is 5.82 Å². The zero-order valence-electron chi connectivity index (χ0n) is 11.0. The van der Waals surface area contributed by atoms with Crippen molar-refractivity contribution in [2.24, 2.45) is 11.8 Å². The molecule has 2 rings (SSSR count). The number of hydrogen-bond donors (Lipinski definition) is 1. The molecule has 0 bridgehead atoms. The second kappa shape index (κ2) is 5.38. The summed E-state index contributed by atoms with van der Waals surface area (Å²) in [6.07, 6.45) is 2.40. The molecular weight excluding hydrogens is 330 g/mol. The number of nitrogens with two attached hydrogens (primary N) is 1. The largest absolute Gasteiger partial charge is 0.383 e. The topological polar surface area (TPSA) is 76.3 Å². The fourth-order valence-electron chi connectivity index (χ4n) is 2.29. The maximum atomic E-state index is 12.6. The molecule has 106 valence electrons. The average molecular weight is 348 g/mol. The Hall–Kier alpha value is -0.660. The number of hydrogen-bond acceptors (Lipinski definition) is 4. The second-order valence-corrected chi connectivity index (χ2v) is 8.01. The van der Waals surface area contributed by atoms with Gasteiger partial charge in [0.1, 0.15) is 10.7 Å². The number of nitrogen functional groups attached to an aromatic ring is 1. The number of anilines is 1. The molecule has 0 amide bonds. The van der Waals surface area contributed by atoms with E-state index in [2.05, 4.69) is 34.8 Å². The Kier molecular flexibility index (Phi) is 4.17. The summed E-state index contributed by atoms with van der Waals surface area (Å²) < 4.78 is 27.2. The van der Waals surface area contributed by atoms with Crippen LogP contribution in [0.5, 0.6) is 0 Å². The van der Waals surface area contributed by atoms with Gasteiger partial charge in [0, 0.05) is 23.8 Å². The summed E-state index contributed by atoms with van der Waals surface area (Å²) in [6.45, 7) is 5.36. The number of nitrogens with zero attached hydrogens (tertiary/aromatic N) is 2. The van der Waals surface area contributed by atoms with E-state index in [-0.39, 0.29) is 10.7 Å². The first kappa shape index (κ1) is 14.7. The zero-order valence-corrected chi connectivity index (χ0v) is 13.4. The molecule has 1 aliphatic heterocycles. The van der Waals surface area contributed by atoms with Crippen LogP contribution in [0.2, 0.25) is 0 Å². The maximum absolute atomic E-state index is 12.6. The number of pyridine rings is 1. The van der Waals surface area contributed by atoms with E-state index in [1.54, 1.807) is 0 Å². The van der Waals surface area contributed by atoms with E-state index in [9.17, 15) is 8.42 Å². The van der Waals surface area contributed by atoms with E-state index < -0.39 is 10.0 Å². The molecule has 0 radical (unpaired) electrons. The SMILES string of the molecule is CC(C)C1CCN(S(=O)(=O)c2cc(Br)cnc2N)C1. The zero-order chi connectivity index (χ0) is 14.2. The van der Waals surface area contributed by atoms with Crippen LogP contribution in [-0.4, -0.2) is 30.8 Å². The number of sulfonamides is 1. The fraction of sp³-hybridized carbons (Fsp3) is 0.583. The van der Waals surface area contributed by atoms with Crippen molar-refractivity contribution in [3.63, 3.8) is 0 Å². The molecule has 5 nitrogen and oxygen atoms in total. The van der Waals surface area contributed by atoms with Gasteiger partial charge in [0.05, 0.1) is 0 Å². The summed E-state index contributed by atoms with van der Waals surface area (Å²) in [7, 11) is -3.54. The van der Waals surface area contributed by atoms with Crippen LogP contribution in [0.1, 0.15) is 20.3 Å². The van der Waals surface area contributed by atoms with Gasteiger partial charge in [0.2, 0.25) is 10.0 Å². The predicted octanol–water partition coefficient (Wildman–Crippen LogP) is 2.09. The molecule has 7 heteroatoms. The standard InChI is InChI=1S/C12H18BrN3O2S/c1-8(2)9-3-4-16(7-9)19(17,18)11-5-10(13)6-15-12(11)14/h5-6,8-9H,3-4,7H2,1-2H3,(H2,14,15). The van der Waals surface area contributed by atoms with Gasteiger partial charge < -0.3 is 5.73 Å². The molecule has 1 aromatic heterocycles. The van der Waals surface area contributed by atoms with Crippen molar-refractivity contribution in [3.8, 4) is 0 Å². The van der Waals surface area contributed by atoms with Crippen molar-refractivity contribution >= 4 is 31.8 Å². The van der Waals surface area contributed by atoms with Crippen molar-refractivity contribution in [1.82, 2.24) is 9.29 Å². The lowest BCUT2D eigenvalue weighted by Crippen LogP contribution is -2.30. The monoisotopic (exact) mass is 347 g/mol. The lowest BCUT2D eigenvalue weighted by atomic mass is 9.96. The first-order valence-corrected chi connectivity index (χ1v) is 8.47. The summed E-state index contributed by atoms with van der Waals surface area (Å²) in [4.78, 5) is 3.98. The molecule has 2 heterocycles. The summed E-state index contributed by atoms with van der Waals surface area (Å²) in [5.74, 6) is 0.950. The second-order valence-electron chi connectivity index (χ2n) is 5.19. The molecule has 0 spiro atoms. The molecule has 1 aliphatic rings. The Bertz CT molecular complexity index is 574. The van der Waals surface area contributed by atoms with Gasteiger partial charge in [-0.3, -0.25) is 0 Å². The third-order valence-corrected chi connectivity index (χ3v) is 5.92. The minimum atomic E-state index is -3.54. The Morgan fingerprint density at radius 2 is 2.21 bits per heavy atom. The minimum Gasteiger partial charge on any atom is -0.383 e. The van der Waals surface area contributed by atoms with E-state index in [1.807, 2.05) is 0 Å².